The lowest BCUT2D eigenvalue weighted by molar-refractivity contribution is 0.201. The van der Waals surface area contributed by atoms with Crippen molar-refractivity contribution in [2.24, 2.45) is 0 Å². The highest BCUT2D eigenvalue weighted by molar-refractivity contribution is 6.30. The standard InChI is InChI=1S/C41H45ClN4O3/c1-5-6-32-25-33(26-40(48-3)41(32)49-4)39-23-29(15-19-44-39)27-45-21-17-36(18-22-45)46(35-11-13-37(47-2)14-12-35)28-30-16-20-43-38(24-30)31-7-9-34(42)10-8-31/h7-16,19-20,23-26,36H,5-6,17-18,21-22,27-28H2,1-4H3. The molecule has 49 heavy (non-hydrogen) atoms. The first kappa shape index (κ1) is 34.3. The fourth-order valence-electron chi connectivity index (χ4n) is 6.78. The third-order valence-electron chi connectivity index (χ3n) is 9.32. The van der Waals surface area contributed by atoms with E-state index in [-0.39, 0.29) is 0 Å². The van der Waals surface area contributed by atoms with Crippen LogP contribution in [-0.2, 0) is 19.5 Å². The maximum absolute atomic E-state index is 6.15. The summed E-state index contributed by atoms with van der Waals surface area (Å²) in [5, 5.41) is 0.722. The number of piperidine rings is 1. The van der Waals surface area contributed by atoms with Gasteiger partial charge in [0.2, 0.25) is 0 Å². The number of halogens is 1. The minimum Gasteiger partial charge on any atom is -0.497 e. The van der Waals surface area contributed by atoms with Crippen LogP contribution in [0.15, 0.2) is 97.3 Å². The molecule has 1 aliphatic rings. The Bertz CT molecular complexity index is 1820. The van der Waals surface area contributed by atoms with Crippen molar-refractivity contribution in [2.75, 3.05) is 39.3 Å². The molecule has 2 aromatic heterocycles. The van der Waals surface area contributed by atoms with Gasteiger partial charge in [-0.15, -0.1) is 0 Å². The average Bonchev–Trinajstić information content (AvgIpc) is 3.14. The number of benzene rings is 3. The SMILES string of the molecule is CCCc1cc(-c2cc(CN3CCC(N(Cc4ccnc(-c5ccc(Cl)cc5)c4)c4ccc(OC)cc4)CC3)ccn2)cc(OC)c1OC. The maximum atomic E-state index is 6.15. The van der Waals surface area contributed by atoms with Crippen LogP contribution in [-0.4, -0.2) is 55.3 Å². The van der Waals surface area contributed by atoms with Crippen LogP contribution in [0, 0.1) is 0 Å². The van der Waals surface area contributed by atoms with Gasteiger partial charge in [-0.25, -0.2) is 0 Å². The van der Waals surface area contributed by atoms with E-state index in [2.05, 4.69) is 64.2 Å². The van der Waals surface area contributed by atoms with E-state index in [4.69, 9.17) is 30.8 Å². The summed E-state index contributed by atoms with van der Waals surface area (Å²) in [5.41, 5.74) is 8.82. The van der Waals surface area contributed by atoms with Crippen LogP contribution < -0.4 is 19.1 Å². The molecule has 6 rings (SSSR count). The second kappa shape index (κ2) is 16.2. The van der Waals surface area contributed by atoms with Crippen LogP contribution in [0.4, 0.5) is 5.69 Å². The van der Waals surface area contributed by atoms with Crippen LogP contribution in [0.1, 0.15) is 42.9 Å². The van der Waals surface area contributed by atoms with Gasteiger partial charge in [0, 0.05) is 66.5 Å². The number of likely N-dealkylation sites (tertiary alicyclic amines) is 1. The molecule has 1 aliphatic heterocycles. The van der Waals surface area contributed by atoms with Gasteiger partial charge in [0.1, 0.15) is 5.75 Å². The third kappa shape index (κ3) is 8.35. The van der Waals surface area contributed by atoms with Crippen molar-refractivity contribution in [2.45, 2.75) is 51.7 Å². The number of aromatic nitrogens is 2. The largest absolute Gasteiger partial charge is 0.497 e. The van der Waals surface area contributed by atoms with Gasteiger partial charge in [0.25, 0.3) is 0 Å². The Kier molecular flexibility index (Phi) is 11.3. The first-order valence-electron chi connectivity index (χ1n) is 17.0. The summed E-state index contributed by atoms with van der Waals surface area (Å²) in [6.07, 6.45) is 7.90. The Balaban J connectivity index is 1.17. The van der Waals surface area contributed by atoms with E-state index < -0.39 is 0 Å². The van der Waals surface area contributed by atoms with Crippen molar-refractivity contribution in [1.29, 1.82) is 0 Å². The molecule has 0 bridgehead atoms. The Morgan fingerprint density at radius 3 is 2.08 bits per heavy atom. The predicted octanol–water partition coefficient (Wildman–Crippen LogP) is 9.11. The molecular weight excluding hydrogens is 632 g/mol. The number of hydrogen-bond acceptors (Lipinski definition) is 7. The predicted molar refractivity (Wildman–Crippen MR) is 199 cm³/mol. The van der Waals surface area contributed by atoms with Gasteiger partial charge in [0.05, 0.1) is 32.7 Å². The summed E-state index contributed by atoms with van der Waals surface area (Å²) >= 11 is 6.15. The minimum atomic E-state index is 0.397. The van der Waals surface area contributed by atoms with Gasteiger partial charge in [-0.3, -0.25) is 14.9 Å². The summed E-state index contributed by atoms with van der Waals surface area (Å²) in [6, 6.07) is 29.6. The monoisotopic (exact) mass is 676 g/mol. The molecule has 1 fully saturated rings. The molecule has 0 N–H and O–H groups in total. The Morgan fingerprint density at radius 2 is 1.43 bits per heavy atom. The molecule has 0 unspecified atom stereocenters. The van der Waals surface area contributed by atoms with Crippen LogP contribution in [0.5, 0.6) is 17.2 Å². The lowest BCUT2D eigenvalue weighted by atomic mass is 9.99. The molecule has 1 saturated heterocycles. The molecule has 3 aromatic carbocycles. The summed E-state index contributed by atoms with van der Waals surface area (Å²) in [7, 11) is 5.10. The molecule has 3 heterocycles. The van der Waals surface area contributed by atoms with Crippen molar-refractivity contribution < 1.29 is 14.2 Å². The van der Waals surface area contributed by atoms with Crippen molar-refractivity contribution in [1.82, 2.24) is 14.9 Å². The highest BCUT2D eigenvalue weighted by atomic mass is 35.5. The molecular formula is C41H45ClN4O3. The van der Waals surface area contributed by atoms with Crippen molar-refractivity contribution in [3.05, 3.63) is 119 Å². The maximum Gasteiger partial charge on any atom is 0.163 e. The highest BCUT2D eigenvalue weighted by Gasteiger charge is 2.26. The lowest BCUT2D eigenvalue weighted by Gasteiger charge is -2.40. The number of anilines is 1. The first-order chi connectivity index (χ1) is 24.0. The van der Waals surface area contributed by atoms with E-state index in [1.165, 1.54) is 16.8 Å². The van der Waals surface area contributed by atoms with Gasteiger partial charge in [0.15, 0.2) is 11.5 Å². The van der Waals surface area contributed by atoms with Crippen LogP contribution in [0.25, 0.3) is 22.5 Å². The second-order valence-electron chi connectivity index (χ2n) is 12.6. The fraction of sp³-hybridized carbons (Fsp3) is 0.317. The van der Waals surface area contributed by atoms with Gasteiger partial charge in [-0.05, 0) is 109 Å². The van der Waals surface area contributed by atoms with Gasteiger partial charge in [-0.2, -0.15) is 0 Å². The van der Waals surface area contributed by atoms with Gasteiger partial charge < -0.3 is 19.1 Å². The molecule has 0 aliphatic carbocycles. The van der Waals surface area contributed by atoms with E-state index in [1.807, 2.05) is 54.9 Å². The van der Waals surface area contributed by atoms with Crippen molar-refractivity contribution >= 4 is 17.3 Å². The number of rotatable bonds is 13. The summed E-state index contributed by atoms with van der Waals surface area (Å²) in [6.45, 7) is 5.87. The normalized spacial score (nSPS) is 13.7. The second-order valence-corrected chi connectivity index (χ2v) is 13.0. The number of hydrogen-bond donors (Lipinski definition) is 0. The van der Waals surface area contributed by atoms with E-state index in [9.17, 15) is 0 Å². The molecule has 5 aromatic rings. The first-order valence-corrected chi connectivity index (χ1v) is 17.4. The Hall–Kier alpha value is -4.59. The topological polar surface area (TPSA) is 60.0 Å². The molecule has 0 spiro atoms. The molecule has 0 saturated carbocycles. The lowest BCUT2D eigenvalue weighted by Crippen LogP contribution is -2.44. The van der Waals surface area contributed by atoms with Crippen molar-refractivity contribution in [3.8, 4) is 39.8 Å². The van der Waals surface area contributed by atoms with Crippen LogP contribution >= 0.6 is 11.6 Å². The van der Waals surface area contributed by atoms with Crippen LogP contribution in [0.2, 0.25) is 5.02 Å². The Morgan fingerprint density at radius 1 is 0.755 bits per heavy atom. The number of nitrogens with zero attached hydrogens (tertiary/aromatic N) is 4. The van der Waals surface area contributed by atoms with E-state index in [0.29, 0.717) is 6.04 Å². The smallest absolute Gasteiger partial charge is 0.163 e. The number of pyridine rings is 2. The fourth-order valence-corrected chi connectivity index (χ4v) is 6.90. The molecule has 254 valence electrons. The zero-order chi connectivity index (χ0) is 34.2. The third-order valence-corrected chi connectivity index (χ3v) is 9.57. The average molecular weight is 677 g/mol. The number of methoxy groups -OCH3 is 3. The van der Waals surface area contributed by atoms with Crippen molar-refractivity contribution in [3.63, 3.8) is 0 Å². The highest BCUT2D eigenvalue weighted by Crippen LogP contribution is 2.37. The molecule has 0 atom stereocenters. The molecule has 0 radical (unpaired) electrons. The summed E-state index contributed by atoms with van der Waals surface area (Å²) in [5.74, 6) is 2.41. The number of aryl methyl sites for hydroxylation is 1. The van der Waals surface area contributed by atoms with Crippen LogP contribution in [0.3, 0.4) is 0 Å². The van der Waals surface area contributed by atoms with E-state index >= 15 is 0 Å². The molecule has 0 amide bonds. The van der Waals surface area contributed by atoms with E-state index in [1.54, 1.807) is 21.3 Å². The zero-order valence-electron chi connectivity index (χ0n) is 28.9. The molecule has 8 heteroatoms. The van der Waals surface area contributed by atoms with Gasteiger partial charge >= 0.3 is 0 Å². The molecule has 7 nitrogen and oxygen atoms in total. The zero-order valence-corrected chi connectivity index (χ0v) is 29.6. The number of ether oxygens (including phenoxy) is 3. The summed E-state index contributed by atoms with van der Waals surface area (Å²) < 4.78 is 16.9. The minimum absolute atomic E-state index is 0.397. The van der Waals surface area contributed by atoms with Gasteiger partial charge in [-0.1, -0.05) is 37.1 Å². The van der Waals surface area contributed by atoms with E-state index in [0.717, 1.165) is 102 Å². The summed E-state index contributed by atoms with van der Waals surface area (Å²) in [4.78, 5) is 14.5. The Labute approximate surface area is 295 Å². The quantitative estimate of drug-likeness (QED) is 0.123.